The van der Waals surface area contributed by atoms with Crippen molar-refractivity contribution in [3.8, 4) is 0 Å². The van der Waals surface area contributed by atoms with Crippen LogP contribution in [0.1, 0.15) is 30.4 Å². The van der Waals surface area contributed by atoms with Crippen LogP contribution in [0.15, 0.2) is 60.8 Å². The largest absolute Gasteiger partial charge is 0.361 e. The molecule has 0 spiro atoms. The Bertz CT molecular complexity index is 952. The highest BCUT2D eigenvalue weighted by Gasteiger charge is 2.22. The number of nitrogens with two attached hydrogens (primary N) is 1. The van der Waals surface area contributed by atoms with Gasteiger partial charge in [0.15, 0.2) is 0 Å². The molecule has 1 heterocycles. The zero-order valence-electron chi connectivity index (χ0n) is 17.2. The van der Waals surface area contributed by atoms with Gasteiger partial charge in [-0.15, -0.1) is 0 Å². The van der Waals surface area contributed by atoms with E-state index in [9.17, 15) is 9.59 Å². The van der Waals surface area contributed by atoms with Crippen LogP contribution in [0.2, 0.25) is 0 Å². The first-order chi connectivity index (χ1) is 14.7. The second-order valence-electron chi connectivity index (χ2n) is 7.46. The maximum absolute atomic E-state index is 12.9. The van der Waals surface area contributed by atoms with E-state index in [2.05, 4.69) is 27.8 Å². The lowest BCUT2D eigenvalue weighted by atomic mass is 10.0. The molecule has 0 saturated heterocycles. The van der Waals surface area contributed by atoms with Gasteiger partial charge in [-0.1, -0.05) is 48.5 Å². The van der Waals surface area contributed by atoms with Gasteiger partial charge in [0.25, 0.3) is 0 Å². The highest BCUT2D eigenvalue weighted by Crippen LogP contribution is 2.19. The van der Waals surface area contributed by atoms with E-state index >= 15 is 0 Å². The van der Waals surface area contributed by atoms with Crippen molar-refractivity contribution in [1.29, 1.82) is 0 Å². The maximum atomic E-state index is 12.9. The molecule has 2 amide bonds. The molecule has 3 rings (SSSR count). The monoisotopic (exact) mass is 406 g/mol. The van der Waals surface area contributed by atoms with Gasteiger partial charge in [0.05, 0.1) is 0 Å². The van der Waals surface area contributed by atoms with Crippen LogP contribution in [0.3, 0.4) is 0 Å². The lowest BCUT2D eigenvalue weighted by molar-refractivity contribution is -0.129. The summed E-state index contributed by atoms with van der Waals surface area (Å²) >= 11 is 0. The van der Waals surface area contributed by atoms with Crippen LogP contribution in [0.4, 0.5) is 0 Å². The van der Waals surface area contributed by atoms with Crippen LogP contribution in [0.25, 0.3) is 10.9 Å². The molecule has 0 bridgehead atoms. The van der Waals surface area contributed by atoms with Crippen molar-refractivity contribution in [1.82, 2.24) is 15.6 Å². The zero-order valence-corrected chi connectivity index (χ0v) is 17.2. The number of nitrogens with one attached hydrogen (secondary N) is 3. The third-order valence-corrected chi connectivity index (χ3v) is 5.14. The summed E-state index contributed by atoms with van der Waals surface area (Å²) in [5, 5.41) is 6.94. The molecule has 30 heavy (non-hydrogen) atoms. The van der Waals surface area contributed by atoms with E-state index in [1.165, 1.54) is 5.56 Å². The van der Waals surface area contributed by atoms with Crippen LogP contribution in [0, 0.1) is 0 Å². The number of benzene rings is 2. The minimum Gasteiger partial charge on any atom is -0.361 e. The summed E-state index contributed by atoms with van der Waals surface area (Å²) in [4.78, 5) is 28.4. The molecule has 0 aliphatic rings. The second-order valence-corrected chi connectivity index (χ2v) is 7.46. The third-order valence-electron chi connectivity index (χ3n) is 5.14. The van der Waals surface area contributed by atoms with Crippen molar-refractivity contribution >= 4 is 22.7 Å². The van der Waals surface area contributed by atoms with Crippen molar-refractivity contribution in [2.75, 3.05) is 13.1 Å². The van der Waals surface area contributed by atoms with Crippen molar-refractivity contribution in [2.45, 2.75) is 38.1 Å². The Kier molecular flexibility index (Phi) is 8.03. The molecular formula is C24H30N4O2. The molecule has 158 valence electrons. The normalized spacial score (nSPS) is 11.9. The quantitative estimate of drug-likeness (QED) is 0.368. The number of fused-ring (bicyclic) bond motifs is 1. The summed E-state index contributed by atoms with van der Waals surface area (Å²) in [5.41, 5.74) is 8.78. The van der Waals surface area contributed by atoms with Gasteiger partial charge in [0.1, 0.15) is 6.04 Å². The molecule has 6 heteroatoms. The van der Waals surface area contributed by atoms with E-state index in [0.717, 1.165) is 29.3 Å². The molecule has 0 radical (unpaired) electrons. The van der Waals surface area contributed by atoms with Crippen LogP contribution >= 0.6 is 0 Å². The predicted molar refractivity (Wildman–Crippen MR) is 120 cm³/mol. The Morgan fingerprint density at radius 2 is 1.77 bits per heavy atom. The van der Waals surface area contributed by atoms with E-state index in [1.807, 2.05) is 48.7 Å². The first-order valence-corrected chi connectivity index (χ1v) is 10.5. The lowest BCUT2D eigenvalue weighted by Crippen LogP contribution is -2.48. The van der Waals surface area contributed by atoms with E-state index in [4.69, 9.17) is 5.73 Å². The van der Waals surface area contributed by atoms with E-state index in [-0.39, 0.29) is 11.8 Å². The smallest absolute Gasteiger partial charge is 0.242 e. The number of para-hydroxylation sites is 1. The van der Waals surface area contributed by atoms with Gasteiger partial charge in [-0.25, -0.2) is 0 Å². The van der Waals surface area contributed by atoms with Gasteiger partial charge in [-0.05, 0) is 43.0 Å². The fourth-order valence-corrected chi connectivity index (χ4v) is 3.53. The minimum absolute atomic E-state index is 0.148. The Hall–Kier alpha value is -3.12. The number of aromatic nitrogens is 1. The molecule has 0 fully saturated rings. The number of hydrogen-bond acceptors (Lipinski definition) is 3. The lowest BCUT2D eigenvalue weighted by Gasteiger charge is -2.18. The summed E-state index contributed by atoms with van der Waals surface area (Å²) in [6.07, 6.45) is 5.01. The molecule has 0 saturated carbocycles. The van der Waals surface area contributed by atoms with Gasteiger partial charge in [-0.2, -0.15) is 0 Å². The summed E-state index contributed by atoms with van der Waals surface area (Å²) < 4.78 is 0. The summed E-state index contributed by atoms with van der Waals surface area (Å²) in [5.74, 6) is -0.306. The predicted octanol–water partition coefficient (Wildman–Crippen LogP) is 2.68. The number of hydrogen-bond donors (Lipinski definition) is 4. The van der Waals surface area contributed by atoms with E-state index < -0.39 is 6.04 Å². The zero-order chi connectivity index (χ0) is 21.2. The molecular weight excluding hydrogens is 376 g/mol. The maximum Gasteiger partial charge on any atom is 0.242 e. The van der Waals surface area contributed by atoms with Crippen LogP contribution in [0.5, 0.6) is 0 Å². The van der Waals surface area contributed by atoms with Crippen molar-refractivity contribution in [3.63, 3.8) is 0 Å². The Labute approximate surface area is 177 Å². The van der Waals surface area contributed by atoms with Crippen LogP contribution in [-0.4, -0.2) is 35.9 Å². The topological polar surface area (TPSA) is 100 Å². The Morgan fingerprint density at radius 3 is 2.57 bits per heavy atom. The summed E-state index contributed by atoms with van der Waals surface area (Å²) in [6, 6.07) is 17.5. The first-order valence-electron chi connectivity index (χ1n) is 10.5. The molecule has 5 N–H and O–H groups in total. The number of amides is 2. The molecule has 0 aliphatic carbocycles. The number of rotatable bonds is 11. The van der Waals surface area contributed by atoms with Crippen LogP contribution < -0.4 is 16.4 Å². The SMILES string of the molecule is NCCCC(=O)NC(Cc1c[nH]c2ccccc12)C(=O)NCCCc1ccccc1. The number of carbonyl (C=O) groups is 2. The molecule has 2 aromatic carbocycles. The summed E-state index contributed by atoms with van der Waals surface area (Å²) in [7, 11) is 0. The van der Waals surface area contributed by atoms with Crippen molar-refractivity contribution < 1.29 is 9.59 Å². The highest BCUT2D eigenvalue weighted by molar-refractivity contribution is 5.89. The highest BCUT2D eigenvalue weighted by atomic mass is 16.2. The minimum atomic E-state index is -0.619. The summed E-state index contributed by atoms with van der Waals surface area (Å²) in [6.45, 7) is 1.02. The molecule has 3 aromatic rings. The average molecular weight is 407 g/mol. The molecule has 6 nitrogen and oxygen atoms in total. The van der Waals surface area contributed by atoms with Crippen molar-refractivity contribution in [2.24, 2.45) is 5.73 Å². The first kappa shape index (κ1) is 21.6. The fourth-order valence-electron chi connectivity index (χ4n) is 3.53. The van der Waals surface area contributed by atoms with Gasteiger partial charge in [-0.3, -0.25) is 9.59 Å². The number of aryl methyl sites for hydroxylation is 1. The fraction of sp³-hybridized carbons (Fsp3) is 0.333. The Balaban J connectivity index is 1.60. The van der Waals surface area contributed by atoms with E-state index in [1.54, 1.807) is 0 Å². The second kappa shape index (κ2) is 11.2. The average Bonchev–Trinajstić information content (AvgIpc) is 3.18. The van der Waals surface area contributed by atoms with Gasteiger partial charge < -0.3 is 21.4 Å². The molecule has 1 unspecified atom stereocenters. The number of aromatic amines is 1. The Morgan fingerprint density at radius 1 is 1.00 bits per heavy atom. The third kappa shape index (κ3) is 6.19. The standard InChI is InChI=1S/C24H30N4O2/c25-14-6-13-23(29)28-22(16-19-17-27-21-12-5-4-11-20(19)21)24(30)26-15-7-10-18-8-2-1-3-9-18/h1-5,8-9,11-12,17,22,27H,6-7,10,13-16,25H2,(H,26,30)(H,28,29). The van der Waals surface area contributed by atoms with Gasteiger partial charge in [0.2, 0.25) is 11.8 Å². The molecule has 1 atom stereocenters. The van der Waals surface area contributed by atoms with Gasteiger partial charge >= 0.3 is 0 Å². The van der Waals surface area contributed by atoms with E-state index in [0.29, 0.717) is 32.4 Å². The van der Waals surface area contributed by atoms with Crippen LogP contribution in [-0.2, 0) is 22.4 Å². The number of carbonyl (C=O) groups excluding carboxylic acids is 2. The van der Waals surface area contributed by atoms with Gasteiger partial charge in [0, 0.05) is 36.5 Å². The molecule has 1 aromatic heterocycles. The van der Waals surface area contributed by atoms with Crippen molar-refractivity contribution in [3.05, 3.63) is 71.9 Å². The molecule has 0 aliphatic heterocycles. The number of H-pyrrole nitrogens is 1.